The fourth-order valence-electron chi connectivity index (χ4n) is 4.37. The number of alkyl halides is 3. The van der Waals surface area contributed by atoms with Crippen LogP contribution in [-0.4, -0.2) is 54.3 Å². The van der Waals surface area contributed by atoms with Crippen molar-refractivity contribution in [1.29, 1.82) is 0 Å². The Labute approximate surface area is 229 Å². The predicted octanol–water partition coefficient (Wildman–Crippen LogP) is 5.76. The highest BCUT2D eigenvalue weighted by atomic mass is 19.4. The van der Waals surface area contributed by atoms with Crippen molar-refractivity contribution < 1.29 is 36.9 Å². The van der Waals surface area contributed by atoms with E-state index in [0.29, 0.717) is 18.2 Å². The highest BCUT2D eigenvalue weighted by Gasteiger charge is 2.35. The van der Waals surface area contributed by atoms with Gasteiger partial charge in [0.25, 0.3) is 0 Å². The van der Waals surface area contributed by atoms with Crippen molar-refractivity contribution in [3.8, 4) is 22.9 Å². The molecule has 212 valence electrons. The smallest absolute Gasteiger partial charge is 0.416 e. The summed E-state index contributed by atoms with van der Waals surface area (Å²) >= 11 is 0. The van der Waals surface area contributed by atoms with Gasteiger partial charge in [0, 0.05) is 17.5 Å². The lowest BCUT2D eigenvalue weighted by Crippen LogP contribution is -2.47. The lowest BCUT2D eigenvalue weighted by Gasteiger charge is -2.39. The number of benzene rings is 1. The maximum atomic E-state index is 13.3. The minimum Gasteiger partial charge on any atom is -0.488 e. The van der Waals surface area contributed by atoms with E-state index in [9.17, 15) is 18.0 Å². The second-order valence-corrected chi connectivity index (χ2v) is 10.0. The van der Waals surface area contributed by atoms with E-state index in [4.69, 9.17) is 18.9 Å². The molecule has 2 aromatic heterocycles. The van der Waals surface area contributed by atoms with Crippen molar-refractivity contribution in [1.82, 2.24) is 9.97 Å². The normalized spacial score (nSPS) is 20.3. The van der Waals surface area contributed by atoms with Crippen LogP contribution in [-0.2, 0) is 15.7 Å². The van der Waals surface area contributed by atoms with E-state index in [0.717, 1.165) is 12.1 Å². The van der Waals surface area contributed by atoms with E-state index in [-0.39, 0.29) is 54.7 Å². The summed E-state index contributed by atoms with van der Waals surface area (Å²) < 4.78 is 62.8. The first-order chi connectivity index (χ1) is 19.0. The molecule has 1 fully saturated rings. The van der Waals surface area contributed by atoms with Crippen LogP contribution < -0.4 is 19.7 Å². The average molecular weight is 559 g/mol. The Bertz CT molecular complexity index is 1380. The molecule has 1 saturated heterocycles. The molecule has 0 spiro atoms. The second kappa shape index (κ2) is 10.9. The maximum absolute atomic E-state index is 13.3. The molecule has 5 rings (SSSR count). The number of pyridine rings is 2. The van der Waals surface area contributed by atoms with Crippen molar-refractivity contribution >= 4 is 17.7 Å². The molecule has 2 atom stereocenters. The third kappa shape index (κ3) is 6.28. The summed E-state index contributed by atoms with van der Waals surface area (Å²) in [6, 6.07) is 12.5. The number of carbonyl (C=O) groups is 1. The number of halogens is 3. The largest absolute Gasteiger partial charge is 0.488 e. The molecule has 12 heteroatoms. The van der Waals surface area contributed by atoms with Gasteiger partial charge in [-0.1, -0.05) is 25.1 Å². The third-order valence-corrected chi connectivity index (χ3v) is 6.52. The summed E-state index contributed by atoms with van der Waals surface area (Å²) in [5, 5.41) is 2.74. The molecule has 9 nitrogen and oxygen atoms in total. The zero-order chi connectivity index (χ0) is 28.5. The molecule has 40 heavy (non-hydrogen) atoms. The average Bonchev–Trinajstić information content (AvgIpc) is 2.92. The monoisotopic (exact) mass is 558 g/mol. The molecule has 3 aromatic rings. The summed E-state index contributed by atoms with van der Waals surface area (Å²) in [5.74, 6) is 0.532. The molecular weight excluding hydrogens is 529 g/mol. The van der Waals surface area contributed by atoms with Gasteiger partial charge in [-0.3, -0.25) is 10.2 Å². The first-order valence-corrected chi connectivity index (χ1v) is 12.8. The number of carbonyl (C=O) groups excluding carboxylic acids is 1. The third-order valence-electron chi connectivity index (χ3n) is 6.52. The number of aromatic nitrogens is 2. The lowest BCUT2D eigenvalue weighted by molar-refractivity contribution is -0.294. The number of nitrogens with one attached hydrogen (secondary N) is 1. The minimum atomic E-state index is -4.49. The maximum Gasteiger partial charge on any atom is 0.416 e. The zero-order valence-corrected chi connectivity index (χ0v) is 22.2. The van der Waals surface area contributed by atoms with E-state index in [1.807, 2.05) is 20.8 Å². The Morgan fingerprint density at radius 2 is 1.95 bits per heavy atom. The van der Waals surface area contributed by atoms with Crippen molar-refractivity contribution in [2.75, 3.05) is 36.6 Å². The zero-order valence-electron chi connectivity index (χ0n) is 22.2. The van der Waals surface area contributed by atoms with Gasteiger partial charge in [0.05, 0.1) is 30.5 Å². The van der Waals surface area contributed by atoms with Gasteiger partial charge in [0.1, 0.15) is 19.0 Å². The molecule has 2 aliphatic heterocycles. The fraction of sp³-hybridized carbons (Fsp3) is 0.393. The topological polar surface area (TPSA) is 95.0 Å². The van der Waals surface area contributed by atoms with Crippen LogP contribution in [0.5, 0.6) is 11.6 Å². The molecule has 0 radical (unpaired) electrons. The van der Waals surface area contributed by atoms with Crippen LogP contribution in [0.15, 0.2) is 54.6 Å². The Morgan fingerprint density at radius 3 is 2.75 bits per heavy atom. The summed E-state index contributed by atoms with van der Waals surface area (Å²) in [4.78, 5) is 23.5. The summed E-state index contributed by atoms with van der Waals surface area (Å²) in [5.41, 5.74) is -0.249. The number of nitrogens with zero attached hydrogens (tertiary/aromatic N) is 3. The van der Waals surface area contributed by atoms with Gasteiger partial charge in [0.15, 0.2) is 17.4 Å². The van der Waals surface area contributed by atoms with Crippen LogP contribution in [0.25, 0.3) is 11.3 Å². The number of hydrogen-bond acceptors (Lipinski definition) is 7. The highest BCUT2D eigenvalue weighted by Crippen LogP contribution is 2.35. The molecule has 4 heterocycles. The minimum absolute atomic E-state index is 0.130. The molecule has 1 N–H and O–H groups in total. The molecule has 2 unspecified atom stereocenters. The number of anilines is 2. The van der Waals surface area contributed by atoms with Crippen LogP contribution in [0.3, 0.4) is 0 Å². The van der Waals surface area contributed by atoms with Crippen LogP contribution in [0.1, 0.15) is 26.3 Å². The Hall–Kier alpha value is -3.90. The van der Waals surface area contributed by atoms with Gasteiger partial charge in [0.2, 0.25) is 5.88 Å². The Balaban J connectivity index is 1.30. The lowest BCUT2D eigenvalue weighted by atomic mass is 10.0. The molecule has 0 aliphatic carbocycles. The Kier molecular flexibility index (Phi) is 7.56. The van der Waals surface area contributed by atoms with Crippen LogP contribution in [0.4, 0.5) is 29.6 Å². The Morgan fingerprint density at radius 1 is 1.15 bits per heavy atom. The van der Waals surface area contributed by atoms with Crippen LogP contribution in [0.2, 0.25) is 0 Å². The van der Waals surface area contributed by atoms with Gasteiger partial charge in [-0.2, -0.15) is 18.2 Å². The van der Waals surface area contributed by atoms with Crippen molar-refractivity contribution in [3.63, 3.8) is 0 Å². The first-order valence-electron chi connectivity index (χ1n) is 12.8. The van der Waals surface area contributed by atoms with E-state index >= 15 is 0 Å². The van der Waals surface area contributed by atoms with Crippen molar-refractivity contribution in [2.24, 2.45) is 5.92 Å². The quantitative estimate of drug-likeness (QED) is 0.426. The highest BCUT2D eigenvalue weighted by molar-refractivity contribution is 6.02. The van der Waals surface area contributed by atoms with Gasteiger partial charge >= 0.3 is 12.2 Å². The van der Waals surface area contributed by atoms with Gasteiger partial charge in [-0.15, -0.1) is 0 Å². The molecule has 0 bridgehead atoms. The van der Waals surface area contributed by atoms with Gasteiger partial charge in [-0.25, -0.2) is 9.78 Å². The van der Waals surface area contributed by atoms with E-state index in [1.54, 1.807) is 30.3 Å². The number of urea groups is 1. The number of fused-ring (bicyclic) bond motifs is 1. The summed E-state index contributed by atoms with van der Waals surface area (Å²) in [7, 11) is 0. The van der Waals surface area contributed by atoms with E-state index < -0.39 is 23.6 Å². The number of ether oxygens (including phenoxy) is 4. The first kappa shape index (κ1) is 27.7. The van der Waals surface area contributed by atoms with Crippen LogP contribution >= 0.6 is 0 Å². The standard InChI is InChI=1S/C28H29F3N4O5/c1-17-15-39-27(2,3)40-22(17)16-38-24-9-5-8-23(33-24)34-26(36)35-12-13-37-21-11-10-20(32-25(21)35)18-6-4-7-19(14-18)28(29,30)31/h4-11,14,17,22H,12-13,15-16H2,1-3H3,(H,33,34,36). The summed E-state index contributed by atoms with van der Waals surface area (Å²) in [6.45, 7) is 6.93. The van der Waals surface area contributed by atoms with Gasteiger partial charge in [-0.05, 0) is 44.2 Å². The molecular formula is C28H29F3N4O5. The van der Waals surface area contributed by atoms with E-state index in [2.05, 4.69) is 15.3 Å². The number of amides is 2. The number of rotatable bonds is 5. The predicted molar refractivity (Wildman–Crippen MR) is 140 cm³/mol. The van der Waals surface area contributed by atoms with Gasteiger partial charge < -0.3 is 18.9 Å². The molecule has 2 amide bonds. The molecule has 2 aliphatic rings. The number of hydrogen-bond donors (Lipinski definition) is 1. The van der Waals surface area contributed by atoms with Crippen LogP contribution in [0, 0.1) is 5.92 Å². The SMILES string of the molecule is CC1COC(C)(C)OC1COc1cccc(NC(=O)N2CCOc3ccc(-c4cccc(C(F)(F)F)c4)nc32)n1. The fourth-order valence-corrected chi connectivity index (χ4v) is 4.37. The van der Waals surface area contributed by atoms with Crippen molar-refractivity contribution in [2.45, 2.75) is 38.8 Å². The second-order valence-electron chi connectivity index (χ2n) is 10.0. The van der Waals surface area contributed by atoms with E-state index in [1.165, 1.54) is 17.0 Å². The summed E-state index contributed by atoms with van der Waals surface area (Å²) in [6.07, 6.45) is -4.68. The molecule has 0 saturated carbocycles. The molecule has 1 aromatic carbocycles. The van der Waals surface area contributed by atoms with Crippen molar-refractivity contribution in [3.05, 3.63) is 60.2 Å².